The third-order valence-electron chi connectivity index (χ3n) is 3.19. The minimum absolute atomic E-state index is 0.0108. The van der Waals surface area contributed by atoms with E-state index < -0.39 is 0 Å². The summed E-state index contributed by atoms with van der Waals surface area (Å²) in [5, 5.41) is 12.2. The molecular formula is C14H17FN2. The highest BCUT2D eigenvalue weighted by atomic mass is 19.1. The minimum Gasteiger partial charge on any atom is -0.308 e. The molecule has 1 aliphatic rings. The molecule has 2 rings (SSSR count). The Morgan fingerprint density at radius 3 is 2.59 bits per heavy atom. The molecule has 1 aromatic rings. The maximum atomic E-state index is 12.9. The molecule has 2 atom stereocenters. The van der Waals surface area contributed by atoms with E-state index in [9.17, 15) is 4.39 Å². The molecule has 0 spiro atoms. The molecule has 0 radical (unpaired) electrons. The number of hydrogen-bond acceptors (Lipinski definition) is 2. The number of halogens is 1. The molecule has 2 unspecified atom stereocenters. The predicted octanol–water partition coefficient (Wildman–Crippen LogP) is 3.03. The lowest BCUT2D eigenvalue weighted by molar-refractivity contribution is 0.456. The lowest BCUT2D eigenvalue weighted by Crippen LogP contribution is -2.27. The first-order valence-corrected chi connectivity index (χ1v) is 6.09. The molecule has 0 aliphatic heterocycles. The van der Waals surface area contributed by atoms with E-state index in [2.05, 4.69) is 11.4 Å². The molecule has 1 aliphatic carbocycles. The normalized spacial score (nSPS) is 18.4. The third kappa shape index (κ3) is 3.28. The van der Waals surface area contributed by atoms with Crippen LogP contribution < -0.4 is 5.32 Å². The van der Waals surface area contributed by atoms with Crippen molar-refractivity contribution in [2.75, 3.05) is 6.54 Å². The monoisotopic (exact) mass is 232 g/mol. The van der Waals surface area contributed by atoms with Crippen LogP contribution >= 0.6 is 0 Å². The second kappa shape index (κ2) is 5.29. The topological polar surface area (TPSA) is 35.8 Å². The summed E-state index contributed by atoms with van der Waals surface area (Å²) in [7, 11) is 0. The number of rotatable bonds is 5. The highest BCUT2D eigenvalue weighted by Gasteiger charge is 2.32. The Labute approximate surface area is 101 Å². The summed E-state index contributed by atoms with van der Waals surface area (Å²) < 4.78 is 12.9. The fourth-order valence-electron chi connectivity index (χ4n) is 2.01. The first kappa shape index (κ1) is 12.1. The Bertz CT molecular complexity index is 403. The molecule has 17 heavy (non-hydrogen) atoms. The van der Waals surface area contributed by atoms with E-state index in [1.807, 2.05) is 19.1 Å². The standard InChI is InChI=1S/C14H17FN2/c1-10(8-16)9-17-14(11-2-3-11)12-4-6-13(15)7-5-12/h4-7,10-11,14,17H,2-3,9H2,1H3. The lowest BCUT2D eigenvalue weighted by Gasteiger charge is -2.19. The van der Waals surface area contributed by atoms with Crippen LogP contribution in [0.15, 0.2) is 24.3 Å². The molecule has 1 fully saturated rings. The molecule has 0 saturated heterocycles. The van der Waals surface area contributed by atoms with Crippen molar-refractivity contribution in [1.82, 2.24) is 5.32 Å². The Morgan fingerprint density at radius 1 is 1.41 bits per heavy atom. The number of nitrogens with zero attached hydrogens (tertiary/aromatic N) is 1. The van der Waals surface area contributed by atoms with Gasteiger partial charge in [0.15, 0.2) is 0 Å². The van der Waals surface area contributed by atoms with Gasteiger partial charge in [0, 0.05) is 12.6 Å². The summed E-state index contributed by atoms with van der Waals surface area (Å²) in [5.74, 6) is 0.455. The van der Waals surface area contributed by atoms with Crippen molar-refractivity contribution >= 4 is 0 Å². The average molecular weight is 232 g/mol. The average Bonchev–Trinajstić information content (AvgIpc) is 3.15. The molecule has 90 valence electrons. The Hall–Kier alpha value is -1.40. The predicted molar refractivity (Wildman–Crippen MR) is 64.6 cm³/mol. The molecule has 0 heterocycles. The van der Waals surface area contributed by atoms with Crippen LogP contribution in [0.3, 0.4) is 0 Å². The highest BCUT2D eigenvalue weighted by molar-refractivity contribution is 5.22. The van der Waals surface area contributed by atoms with Gasteiger partial charge in [-0.2, -0.15) is 5.26 Å². The summed E-state index contributed by atoms with van der Waals surface area (Å²) in [6.45, 7) is 2.59. The maximum absolute atomic E-state index is 12.9. The molecule has 1 aromatic carbocycles. The molecule has 0 aromatic heterocycles. The zero-order valence-electron chi connectivity index (χ0n) is 9.99. The largest absolute Gasteiger partial charge is 0.308 e. The van der Waals surface area contributed by atoms with E-state index in [1.54, 1.807) is 0 Å². The minimum atomic E-state index is -0.200. The SMILES string of the molecule is CC(C#N)CNC(c1ccc(F)cc1)C1CC1. The van der Waals surface area contributed by atoms with Gasteiger partial charge in [-0.25, -0.2) is 4.39 Å². The smallest absolute Gasteiger partial charge is 0.123 e. The first-order valence-electron chi connectivity index (χ1n) is 6.09. The second-order valence-electron chi connectivity index (χ2n) is 4.81. The van der Waals surface area contributed by atoms with Crippen molar-refractivity contribution in [2.45, 2.75) is 25.8 Å². The zero-order valence-corrected chi connectivity index (χ0v) is 9.99. The fraction of sp³-hybridized carbons (Fsp3) is 0.500. The van der Waals surface area contributed by atoms with Gasteiger partial charge in [-0.15, -0.1) is 0 Å². The molecular weight excluding hydrogens is 215 g/mol. The van der Waals surface area contributed by atoms with Gasteiger partial charge in [0.2, 0.25) is 0 Å². The van der Waals surface area contributed by atoms with E-state index >= 15 is 0 Å². The van der Waals surface area contributed by atoms with Gasteiger partial charge in [0.25, 0.3) is 0 Å². The molecule has 2 nitrogen and oxygen atoms in total. The lowest BCUT2D eigenvalue weighted by atomic mass is 10.0. The fourth-order valence-corrected chi connectivity index (χ4v) is 2.01. The van der Waals surface area contributed by atoms with E-state index in [4.69, 9.17) is 5.26 Å². The number of hydrogen-bond donors (Lipinski definition) is 1. The van der Waals surface area contributed by atoms with Crippen LogP contribution in [0.2, 0.25) is 0 Å². The Kier molecular flexibility index (Phi) is 3.75. The van der Waals surface area contributed by atoms with Crippen LogP contribution in [0, 0.1) is 29.0 Å². The Balaban J connectivity index is 2.02. The summed E-state index contributed by atoms with van der Waals surface area (Å²) in [5.41, 5.74) is 1.12. The van der Waals surface area contributed by atoms with Gasteiger partial charge in [0.1, 0.15) is 5.82 Å². The van der Waals surface area contributed by atoms with Gasteiger partial charge in [-0.1, -0.05) is 12.1 Å². The quantitative estimate of drug-likeness (QED) is 0.847. The molecule has 3 heteroatoms. The first-order chi connectivity index (χ1) is 8.20. The van der Waals surface area contributed by atoms with Crippen molar-refractivity contribution in [1.29, 1.82) is 5.26 Å². The van der Waals surface area contributed by atoms with Crippen molar-refractivity contribution in [3.8, 4) is 6.07 Å². The van der Waals surface area contributed by atoms with Crippen molar-refractivity contribution in [2.24, 2.45) is 11.8 Å². The van der Waals surface area contributed by atoms with Crippen molar-refractivity contribution in [3.63, 3.8) is 0 Å². The van der Waals surface area contributed by atoms with Crippen molar-refractivity contribution < 1.29 is 4.39 Å². The van der Waals surface area contributed by atoms with Gasteiger partial charge < -0.3 is 5.32 Å². The molecule has 1 N–H and O–H groups in total. The van der Waals surface area contributed by atoms with Gasteiger partial charge in [0.05, 0.1) is 12.0 Å². The zero-order chi connectivity index (χ0) is 12.3. The summed E-state index contributed by atoms with van der Waals surface area (Å²) in [6, 6.07) is 9.16. The van der Waals surface area contributed by atoms with Crippen LogP contribution in [0.4, 0.5) is 4.39 Å². The van der Waals surface area contributed by atoms with Crippen LogP contribution in [0.5, 0.6) is 0 Å². The number of benzene rings is 1. The number of nitriles is 1. The molecule has 0 bridgehead atoms. The highest BCUT2D eigenvalue weighted by Crippen LogP contribution is 2.41. The van der Waals surface area contributed by atoms with Crippen LogP contribution in [-0.4, -0.2) is 6.54 Å². The summed E-state index contributed by atoms with van der Waals surface area (Å²) >= 11 is 0. The van der Waals surface area contributed by atoms with Gasteiger partial charge in [-0.3, -0.25) is 0 Å². The van der Waals surface area contributed by atoms with Gasteiger partial charge >= 0.3 is 0 Å². The van der Waals surface area contributed by atoms with Crippen molar-refractivity contribution in [3.05, 3.63) is 35.6 Å². The van der Waals surface area contributed by atoms with Crippen LogP contribution in [0.25, 0.3) is 0 Å². The van der Waals surface area contributed by atoms with E-state index in [-0.39, 0.29) is 17.8 Å². The Morgan fingerprint density at radius 2 is 2.06 bits per heavy atom. The molecule has 0 amide bonds. The molecule has 1 saturated carbocycles. The summed E-state index contributed by atoms with van der Waals surface area (Å²) in [6.07, 6.45) is 2.44. The van der Waals surface area contributed by atoms with E-state index in [1.165, 1.54) is 25.0 Å². The third-order valence-corrected chi connectivity index (χ3v) is 3.19. The van der Waals surface area contributed by atoms with Crippen LogP contribution in [-0.2, 0) is 0 Å². The van der Waals surface area contributed by atoms with Crippen LogP contribution in [0.1, 0.15) is 31.4 Å². The maximum Gasteiger partial charge on any atom is 0.123 e. The van der Waals surface area contributed by atoms with E-state index in [0.717, 1.165) is 5.56 Å². The van der Waals surface area contributed by atoms with E-state index in [0.29, 0.717) is 12.5 Å². The summed E-state index contributed by atoms with van der Waals surface area (Å²) in [4.78, 5) is 0. The number of nitrogens with one attached hydrogen (secondary N) is 1. The van der Waals surface area contributed by atoms with Gasteiger partial charge in [-0.05, 0) is 43.4 Å². The second-order valence-corrected chi connectivity index (χ2v) is 4.81.